The number of aryl methyl sites for hydroxylation is 1. The predicted molar refractivity (Wildman–Crippen MR) is 45.6 cm³/mol. The average molecular weight is 171 g/mol. The van der Waals surface area contributed by atoms with Crippen molar-refractivity contribution in [3.8, 4) is 0 Å². The molecule has 1 rings (SSSR count). The molecule has 1 atom stereocenters. The summed E-state index contributed by atoms with van der Waals surface area (Å²) in [5, 5.41) is 0. The second kappa shape index (κ2) is 3.50. The van der Waals surface area contributed by atoms with Gasteiger partial charge in [0.05, 0.1) is 0 Å². The molecule has 0 bridgehead atoms. The topological polar surface area (TPSA) is 49.3 Å². The third-order valence-electron chi connectivity index (χ3n) is 1.22. The zero-order valence-corrected chi connectivity index (χ0v) is 6.89. The Labute approximate surface area is 67.9 Å². The van der Waals surface area contributed by atoms with E-state index < -0.39 is 11.3 Å². The lowest BCUT2D eigenvalue weighted by Crippen LogP contribution is -2.01. The van der Waals surface area contributed by atoms with E-state index >= 15 is 0 Å². The maximum Gasteiger partial charge on any atom is 0.259 e. The highest BCUT2D eigenvalue weighted by Gasteiger charge is 1.93. The fraction of sp³-hybridized carbons (Fsp3) is 0.143. The molecule has 0 spiro atoms. The van der Waals surface area contributed by atoms with E-state index in [1.807, 2.05) is 19.1 Å². The van der Waals surface area contributed by atoms with Crippen LogP contribution in [0, 0.1) is 6.92 Å². The van der Waals surface area contributed by atoms with Gasteiger partial charge in [0.15, 0.2) is 0 Å². The largest absolute Gasteiger partial charge is 0.289 e. The molecule has 1 unspecified atom stereocenters. The fourth-order valence-corrected chi connectivity index (χ4v) is 1.14. The van der Waals surface area contributed by atoms with Crippen LogP contribution in [0.1, 0.15) is 5.56 Å². The Morgan fingerprint density at radius 2 is 2.27 bits per heavy atom. The maximum absolute atomic E-state index is 10.3. The molecule has 0 saturated heterocycles. The van der Waals surface area contributed by atoms with Gasteiger partial charge in [-0.25, -0.2) is 4.21 Å². The highest BCUT2D eigenvalue weighted by molar-refractivity contribution is 7.80. The Balaban J connectivity index is 2.79. The van der Waals surface area contributed by atoms with E-state index in [2.05, 4.69) is 4.72 Å². The molecule has 0 aliphatic heterocycles. The zero-order valence-electron chi connectivity index (χ0n) is 6.07. The summed E-state index contributed by atoms with van der Waals surface area (Å²) < 4.78 is 21.1. The third kappa shape index (κ3) is 2.69. The highest BCUT2D eigenvalue weighted by atomic mass is 32.2. The van der Waals surface area contributed by atoms with Crippen molar-refractivity contribution in [2.45, 2.75) is 6.92 Å². The summed E-state index contributed by atoms with van der Waals surface area (Å²) in [5.41, 5.74) is 1.71. The minimum absolute atomic E-state index is 0.658. The van der Waals surface area contributed by atoms with Gasteiger partial charge < -0.3 is 0 Å². The first kappa shape index (κ1) is 8.23. The number of hydrogen-bond acceptors (Lipinski definition) is 1. The number of hydrogen-bond donors (Lipinski definition) is 2. The molecule has 0 saturated carbocycles. The summed E-state index contributed by atoms with van der Waals surface area (Å²) >= 11 is -1.97. The Morgan fingerprint density at radius 3 is 2.82 bits per heavy atom. The first-order valence-electron chi connectivity index (χ1n) is 3.12. The number of anilines is 1. The van der Waals surface area contributed by atoms with Gasteiger partial charge in [0.25, 0.3) is 11.3 Å². The molecule has 11 heavy (non-hydrogen) atoms. The standard InChI is InChI=1S/C7H9NO2S/c1-6-3-2-4-7(5-6)8-11(9)10/h2-5,8H,1H3,(H,9,10). The SMILES string of the molecule is Cc1cccc(NS(=O)O)c1. The van der Waals surface area contributed by atoms with Crippen LogP contribution in [0.4, 0.5) is 5.69 Å². The van der Waals surface area contributed by atoms with Crippen molar-refractivity contribution in [2.24, 2.45) is 0 Å². The maximum atomic E-state index is 10.3. The minimum atomic E-state index is -1.97. The van der Waals surface area contributed by atoms with Crippen LogP contribution in [0.5, 0.6) is 0 Å². The van der Waals surface area contributed by atoms with Crippen molar-refractivity contribution in [1.82, 2.24) is 0 Å². The number of rotatable bonds is 2. The van der Waals surface area contributed by atoms with Gasteiger partial charge in [0.1, 0.15) is 0 Å². The predicted octanol–water partition coefficient (Wildman–Crippen LogP) is 1.54. The second-order valence-electron chi connectivity index (χ2n) is 2.22. The molecule has 0 heterocycles. The monoisotopic (exact) mass is 171 g/mol. The Bertz CT molecular complexity index is 275. The van der Waals surface area contributed by atoms with Gasteiger partial charge >= 0.3 is 0 Å². The first-order chi connectivity index (χ1) is 5.18. The van der Waals surface area contributed by atoms with E-state index in [0.717, 1.165) is 5.56 Å². The van der Waals surface area contributed by atoms with Crippen molar-refractivity contribution in [3.05, 3.63) is 29.8 Å². The number of benzene rings is 1. The second-order valence-corrected chi connectivity index (χ2v) is 2.92. The van der Waals surface area contributed by atoms with E-state index in [0.29, 0.717) is 5.69 Å². The Kier molecular flexibility index (Phi) is 2.62. The lowest BCUT2D eigenvalue weighted by Gasteiger charge is -2.00. The van der Waals surface area contributed by atoms with Gasteiger partial charge in [-0.3, -0.25) is 9.27 Å². The van der Waals surface area contributed by atoms with Crippen LogP contribution in [-0.4, -0.2) is 8.76 Å². The van der Waals surface area contributed by atoms with E-state index in [-0.39, 0.29) is 0 Å². The average Bonchev–Trinajstić information content (AvgIpc) is 1.85. The van der Waals surface area contributed by atoms with E-state index in [1.165, 1.54) is 0 Å². The summed E-state index contributed by atoms with van der Waals surface area (Å²) in [6.45, 7) is 1.92. The number of nitrogens with one attached hydrogen (secondary N) is 1. The quantitative estimate of drug-likeness (QED) is 0.663. The first-order valence-corrected chi connectivity index (χ1v) is 4.23. The van der Waals surface area contributed by atoms with Gasteiger partial charge in [-0.1, -0.05) is 12.1 Å². The van der Waals surface area contributed by atoms with Crippen molar-refractivity contribution >= 4 is 17.0 Å². The summed E-state index contributed by atoms with van der Waals surface area (Å²) in [4.78, 5) is 0. The summed E-state index contributed by atoms with van der Waals surface area (Å²) in [7, 11) is 0. The van der Waals surface area contributed by atoms with Gasteiger partial charge in [-0.05, 0) is 24.6 Å². The van der Waals surface area contributed by atoms with E-state index in [4.69, 9.17) is 4.55 Å². The molecule has 0 fully saturated rings. The molecule has 2 N–H and O–H groups in total. The molecule has 3 nitrogen and oxygen atoms in total. The summed E-state index contributed by atoms with van der Waals surface area (Å²) in [5.74, 6) is 0. The van der Waals surface area contributed by atoms with Gasteiger partial charge in [-0.15, -0.1) is 0 Å². The fourth-order valence-electron chi connectivity index (χ4n) is 0.809. The van der Waals surface area contributed by atoms with Crippen LogP contribution in [0.25, 0.3) is 0 Å². The molecule has 0 aliphatic carbocycles. The molecular formula is C7H9NO2S. The molecule has 0 radical (unpaired) electrons. The molecule has 0 amide bonds. The van der Waals surface area contributed by atoms with Crippen molar-refractivity contribution < 1.29 is 8.76 Å². The summed E-state index contributed by atoms with van der Waals surface area (Å²) in [6, 6.07) is 7.28. The Hall–Kier alpha value is -0.870. The smallest absolute Gasteiger partial charge is 0.259 e. The van der Waals surface area contributed by atoms with Crippen LogP contribution in [0.2, 0.25) is 0 Å². The van der Waals surface area contributed by atoms with Crippen LogP contribution in [-0.2, 0) is 11.3 Å². The van der Waals surface area contributed by atoms with Gasteiger partial charge in [0, 0.05) is 5.69 Å². The molecule has 1 aromatic rings. The molecule has 60 valence electrons. The molecule has 0 aromatic heterocycles. The highest BCUT2D eigenvalue weighted by Crippen LogP contribution is 2.09. The lowest BCUT2D eigenvalue weighted by molar-refractivity contribution is 0.570. The summed E-state index contributed by atoms with van der Waals surface area (Å²) in [6.07, 6.45) is 0. The normalized spacial score (nSPS) is 12.5. The van der Waals surface area contributed by atoms with E-state index in [1.54, 1.807) is 12.1 Å². The van der Waals surface area contributed by atoms with Crippen LogP contribution in [0.15, 0.2) is 24.3 Å². The third-order valence-corrected chi connectivity index (χ3v) is 1.63. The van der Waals surface area contributed by atoms with Crippen LogP contribution in [0.3, 0.4) is 0 Å². The molecule has 4 heteroatoms. The van der Waals surface area contributed by atoms with Crippen molar-refractivity contribution in [1.29, 1.82) is 0 Å². The molecular weight excluding hydrogens is 162 g/mol. The van der Waals surface area contributed by atoms with Crippen LogP contribution < -0.4 is 4.72 Å². The van der Waals surface area contributed by atoms with Gasteiger partial charge in [0.2, 0.25) is 0 Å². The minimum Gasteiger partial charge on any atom is -0.289 e. The lowest BCUT2D eigenvalue weighted by atomic mass is 10.2. The Morgan fingerprint density at radius 1 is 1.55 bits per heavy atom. The molecule has 0 aliphatic rings. The molecule has 1 aromatic carbocycles. The zero-order chi connectivity index (χ0) is 8.27. The van der Waals surface area contributed by atoms with Crippen molar-refractivity contribution in [3.63, 3.8) is 0 Å². The van der Waals surface area contributed by atoms with Crippen LogP contribution >= 0.6 is 0 Å². The van der Waals surface area contributed by atoms with E-state index in [9.17, 15) is 4.21 Å². The van der Waals surface area contributed by atoms with Gasteiger partial charge in [-0.2, -0.15) is 0 Å². The van der Waals surface area contributed by atoms with Crippen molar-refractivity contribution in [2.75, 3.05) is 4.72 Å².